The van der Waals surface area contributed by atoms with Crippen molar-refractivity contribution in [1.82, 2.24) is 0 Å². The molecule has 2 bridgehead atoms. The Morgan fingerprint density at radius 2 is 1.92 bits per heavy atom. The summed E-state index contributed by atoms with van der Waals surface area (Å²) >= 11 is 0. The molecule has 1 saturated heterocycles. The molecule has 4 unspecified atom stereocenters. The number of fused-ring (bicyclic) bond motifs is 2. The molecule has 8 nitrogen and oxygen atoms in total. The second-order valence-corrected chi connectivity index (χ2v) is 9.72. The zero-order valence-electron chi connectivity index (χ0n) is 15.5. The summed E-state index contributed by atoms with van der Waals surface area (Å²) in [6.07, 6.45) is 5.64. The predicted octanol–water partition coefficient (Wildman–Crippen LogP) is 1.62. The zero-order chi connectivity index (χ0) is 19.2. The highest BCUT2D eigenvalue weighted by Crippen LogP contribution is 2.34. The van der Waals surface area contributed by atoms with Gasteiger partial charge in [-0.1, -0.05) is 12.2 Å². The smallest absolute Gasteiger partial charge is 0.481 e. The van der Waals surface area contributed by atoms with E-state index in [9.17, 15) is 9.59 Å². The summed E-state index contributed by atoms with van der Waals surface area (Å²) in [6, 6.07) is 0.505. The number of carbonyl (C=O) groups is 2. The molecule has 1 N–H and O–H groups in total. The van der Waals surface area contributed by atoms with E-state index in [2.05, 4.69) is 0 Å². The molecular formula is C17H28O8Si. The van der Waals surface area contributed by atoms with Crippen LogP contribution in [0.5, 0.6) is 0 Å². The molecular weight excluding hydrogens is 360 g/mol. The highest BCUT2D eigenvalue weighted by Gasteiger charge is 2.39. The lowest BCUT2D eigenvalue weighted by Crippen LogP contribution is -2.42. The molecule has 9 heteroatoms. The van der Waals surface area contributed by atoms with Gasteiger partial charge in [-0.25, -0.2) is 0 Å². The van der Waals surface area contributed by atoms with Gasteiger partial charge in [0.1, 0.15) is 0 Å². The van der Waals surface area contributed by atoms with Crippen molar-refractivity contribution < 1.29 is 37.4 Å². The SMILES string of the molecule is CO[Si](CCCC(CC(=O)O)C(=O)OCC1CC2C=CC1O2)(OC)OC. The van der Waals surface area contributed by atoms with Gasteiger partial charge in [0.15, 0.2) is 0 Å². The van der Waals surface area contributed by atoms with Gasteiger partial charge >= 0.3 is 20.7 Å². The highest BCUT2D eigenvalue weighted by molar-refractivity contribution is 6.60. The molecule has 2 aliphatic heterocycles. The lowest BCUT2D eigenvalue weighted by molar-refractivity contribution is -0.154. The molecule has 26 heavy (non-hydrogen) atoms. The Morgan fingerprint density at radius 3 is 2.42 bits per heavy atom. The first-order valence-electron chi connectivity index (χ1n) is 8.80. The lowest BCUT2D eigenvalue weighted by Gasteiger charge is -2.25. The van der Waals surface area contributed by atoms with Gasteiger partial charge in [-0.3, -0.25) is 9.59 Å². The second-order valence-electron chi connectivity index (χ2n) is 6.63. The monoisotopic (exact) mass is 388 g/mol. The molecule has 0 aromatic carbocycles. The number of aliphatic carboxylic acids is 1. The molecule has 2 rings (SSSR count). The van der Waals surface area contributed by atoms with Gasteiger partial charge in [0, 0.05) is 33.3 Å². The van der Waals surface area contributed by atoms with Crippen molar-refractivity contribution in [1.29, 1.82) is 0 Å². The lowest BCUT2D eigenvalue weighted by atomic mass is 9.95. The van der Waals surface area contributed by atoms with Crippen LogP contribution in [0.2, 0.25) is 6.04 Å². The molecule has 0 saturated carbocycles. The average molecular weight is 388 g/mol. The molecule has 0 aliphatic carbocycles. The molecule has 2 heterocycles. The maximum absolute atomic E-state index is 12.4. The molecule has 0 spiro atoms. The minimum Gasteiger partial charge on any atom is -0.481 e. The minimum absolute atomic E-state index is 0.00227. The number of carboxylic acids is 1. The average Bonchev–Trinajstić information content (AvgIpc) is 3.25. The first kappa shape index (κ1) is 21.0. The van der Waals surface area contributed by atoms with Gasteiger partial charge in [0.2, 0.25) is 0 Å². The summed E-state index contributed by atoms with van der Waals surface area (Å²) in [6.45, 7) is 0.257. The second kappa shape index (κ2) is 9.61. The molecule has 0 aromatic heterocycles. The fourth-order valence-corrected chi connectivity index (χ4v) is 5.22. The number of ether oxygens (including phenoxy) is 2. The summed E-state index contributed by atoms with van der Waals surface area (Å²) in [7, 11) is 1.83. The number of rotatable bonds is 12. The van der Waals surface area contributed by atoms with Gasteiger partial charge < -0.3 is 27.9 Å². The maximum Gasteiger partial charge on any atom is 0.500 e. The topological polar surface area (TPSA) is 101 Å². The number of carboxylic acid groups (broad SMARTS) is 1. The molecule has 0 radical (unpaired) electrons. The van der Waals surface area contributed by atoms with Crippen molar-refractivity contribution >= 4 is 20.7 Å². The summed E-state index contributed by atoms with van der Waals surface area (Å²) in [5.41, 5.74) is 0. The van der Waals surface area contributed by atoms with E-state index < -0.39 is 26.7 Å². The van der Waals surface area contributed by atoms with E-state index in [0.29, 0.717) is 18.9 Å². The Kier molecular flexibility index (Phi) is 7.78. The van der Waals surface area contributed by atoms with E-state index in [-0.39, 0.29) is 31.2 Å². The van der Waals surface area contributed by atoms with Crippen molar-refractivity contribution in [3.8, 4) is 0 Å². The Hall–Kier alpha value is -1.26. The van der Waals surface area contributed by atoms with E-state index in [1.165, 1.54) is 21.3 Å². The molecule has 1 fully saturated rings. The number of hydrogen-bond acceptors (Lipinski definition) is 7. The third-order valence-electron chi connectivity index (χ3n) is 5.01. The fraction of sp³-hybridized carbons (Fsp3) is 0.765. The van der Waals surface area contributed by atoms with Gasteiger partial charge in [-0.2, -0.15) is 0 Å². The summed E-state index contributed by atoms with van der Waals surface area (Å²) in [5.74, 6) is -2.04. The molecule has 0 aromatic rings. The van der Waals surface area contributed by atoms with Crippen molar-refractivity contribution in [3.63, 3.8) is 0 Å². The van der Waals surface area contributed by atoms with Crippen molar-refractivity contribution in [2.24, 2.45) is 11.8 Å². The first-order chi connectivity index (χ1) is 12.4. The molecule has 2 aliphatic rings. The highest BCUT2D eigenvalue weighted by atomic mass is 28.4. The van der Waals surface area contributed by atoms with Crippen molar-refractivity contribution in [2.45, 2.75) is 43.9 Å². The molecule has 0 amide bonds. The van der Waals surface area contributed by atoms with Gasteiger partial charge in [0.25, 0.3) is 0 Å². The largest absolute Gasteiger partial charge is 0.500 e. The Labute approximate surface area is 154 Å². The zero-order valence-corrected chi connectivity index (χ0v) is 16.5. The quantitative estimate of drug-likeness (QED) is 0.306. The molecule has 148 valence electrons. The third kappa shape index (κ3) is 5.37. The van der Waals surface area contributed by atoms with E-state index >= 15 is 0 Å². The first-order valence-corrected chi connectivity index (χ1v) is 10.7. The van der Waals surface area contributed by atoms with Crippen molar-refractivity contribution in [3.05, 3.63) is 12.2 Å². The standard InChI is InChI=1S/C17H28O8Si/c1-21-26(22-2,23-3)8-4-5-12(10-16(18)19)17(20)24-11-13-9-14-6-7-15(13)25-14/h6-7,12-15H,4-5,8-11H2,1-3H3,(H,18,19). The summed E-state index contributed by atoms with van der Waals surface area (Å²) < 4.78 is 27.1. The van der Waals surface area contributed by atoms with E-state index in [1.807, 2.05) is 12.2 Å². The van der Waals surface area contributed by atoms with Crippen LogP contribution >= 0.6 is 0 Å². The van der Waals surface area contributed by atoms with Crippen LogP contribution in [0, 0.1) is 11.8 Å². The van der Waals surface area contributed by atoms with Crippen LogP contribution < -0.4 is 0 Å². The summed E-state index contributed by atoms with van der Waals surface area (Å²) in [4.78, 5) is 23.5. The third-order valence-corrected chi connectivity index (χ3v) is 7.84. The number of hydrogen-bond donors (Lipinski definition) is 1. The van der Waals surface area contributed by atoms with E-state index in [0.717, 1.165) is 6.42 Å². The van der Waals surface area contributed by atoms with Gasteiger partial charge in [0.05, 0.1) is 31.2 Å². The predicted molar refractivity (Wildman–Crippen MR) is 93.4 cm³/mol. The van der Waals surface area contributed by atoms with E-state index in [1.54, 1.807) is 0 Å². The van der Waals surface area contributed by atoms with Crippen LogP contribution in [0.25, 0.3) is 0 Å². The summed E-state index contributed by atoms with van der Waals surface area (Å²) in [5, 5.41) is 9.09. The van der Waals surface area contributed by atoms with Crippen LogP contribution in [0.1, 0.15) is 25.7 Å². The fourth-order valence-electron chi connectivity index (χ4n) is 3.47. The van der Waals surface area contributed by atoms with Gasteiger partial charge in [-0.05, 0) is 19.3 Å². The minimum atomic E-state index is -2.73. The van der Waals surface area contributed by atoms with Crippen molar-refractivity contribution in [2.75, 3.05) is 27.9 Å². The van der Waals surface area contributed by atoms with Crippen LogP contribution in [0.3, 0.4) is 0 Å². The Morgan fingerprint density at radius 1 is 1.23 bits per heavy atom. The van der Waals surface area contributed by atoms with Crippen LogP contribution in [-0.4, -0.2) is 66.0 Å². The normalized spacial score (nSPS) is 25.4. The number of esters is 1. The van der Waals surface area contributed by atoms with E-state index in [4.69, 9.17) is 27.9 Å². The maximum atomic E-state index is 12.4. The van der Waals surface area contributed by atoms with Crippen LogP contribution in [0.15, 0.2) is 12.2 Å². The van der Waals surface area contributed by atoms with Crippen LogP contribution in [-0.2, 0) is 32.3 Å². The Balaban J connectivity index is 1.82. The number of carbonyl (C=O) groups excluding carboxylic acids is 1. The van der Waals surface area contributed by atoms with Gasteiger partial charge in [-0.15, -0.1) is 0 Å². The molecule has 4 atom stereocenters. The Bertz CT molecular complexity index is 511. The van der Waals surface area contributed by atoms with Crippen LogP contribution in [0.4, 0.5) is 0 Å².